The lowest BCUT2D eigenvalue weighted by Gasteiger charge is -2.17. The van der Waals surface area contributed by atoms with E-state index in [1.807, 2.05) is 47.0 Å². The minimum atomic E-state index is -0.0572. The summed E-state index contributed by atoms with van der Waals surface area (Å²) in [5.74, 6) is 0. The SMILES string of the molecule is Cc1cccc(NC(=O)N2CCC(n3ccnn3)C2)c1. The topological polar surface area (TPSA) is 63.1 Å². The van der Waals surface area contributed by atoms with E-state index >= 15 is 0 Å². The highest BCUT2D eigenvalue weighted by Gasteiger charge is 2.27. The lowest BCUT2D eigenvalue weighted by Crippen LogP contribution is -2.33. The van der Waals surface area contributed by atoms with Crippen molar-refractivity contribution < 1.29 is 4.79 Å². The van der Waals surface area contributed by atoms with Crippen LogP contribution in [0.15, 0.2) is 36.7 Å². The Labute approximate surface area is 117 Å². The summed E-state index contributed by atoms with van der Waals surface area (Å²) in [4.78, 5) is 14.0. The lowest BCUT2D eigenvalue weighted by atomic mass is 10.2. The van der Waals surface area contributed by atoms with Crippen LogP contribution in [0, 0.1) is 6.92 Å². The first-order chi connectivity index (χ1) is 9.72. The second kappa shape index (κ2) is 5.32. The van der Waals surface area contributed by atoms with Crippen molar-refractivity contribution in [3.05, 3.63) is 42.2 Å². The number of aryl methyl sites for hydroxylation is 1. The molecule has 1 N–H and O–H groups in total. The molecule has 1 aliphatic rings. The summed E-state index contributed by atoms with van der Waals surface area (Å²) in [6.07, 6.45) is 4.41. The maximum Gasteiger partial charge on any atom is 0.321 e. The van der Waals surface area contributed by atoms with Crippen LogP contribution in [0.25, 0.3) is 0 Å². The van der Waals surface area contributed by atoms with E-state index in [4.69, 9.17) is 0 Å². The van der Waals surface area contributed by atoms with Gasteiger partial charge in [0.2, 0.25) is 0 Å². The predicted octanol–water partition coefficient (Wildman–Crippen LogP) is 2.07. The Morgan fingerprint density at radius 2 is 2.35 bits per heavy atom. The molecule has 3 rings (SSSR count). The summed E-state index contributed by atoms with van der Waals surface area (Å²) in [7, 11) is 0. The summed E-state index contributed by atoms with van der Waals surface area (Å²) in [6, 6.07) is 7.97. The van der Waals surface area contributed by atoms with Crippen LogP contribution in [0.1, 0.15) is 18.0 Å². The zero-order chi connectivity index (χ0) is 13.9. The number of likely N-dealkylation sites (tertiary alicyclic amines) is 1. The minimum absolute atomic E-state index is 0.0572. The maximum atomic E-state index is 12.2. The number of anilines is 1. The third-order valence-electron chi connectivity index (χ3n) is 3.54. The van der Waals surface area contributed by atoms with Crippen LogP contribution in [0.5, 0.6) is 0 Å². The number of hydrogen-bond donors (Lipinski definition) is 1. The van der Waals surface area contributed by atoms with E-state index in [0.29, 0.717) is 6.54 Å². The molecule has 1 aromatic heterocycles. The average Bonchev–Trinajstić information content (AvgIpc) is 3.10. The number of nitrogens with zero attached hydrogens (tertiary/aromatic N) is 4. The zero-order valence-corrected chi connectivity index (χ0v) is 11.4. The Morgan fingerprint density at radius 1 is 1.45 bits per heavy atom. The predicted molar refractivity (Wildman–Crippen MR) is 75.4 cm³/mol. The summed E-state index contributed by atoms with van der Waals surface area (Å²) in [5.41, 5.74) is 1.96. The summed E-state index contributed by atoms with van der Waals surface area (Å²) in [6.45, 7) is 3.41. The Hall–Kier alpha value is -2.37. The highest BCUT2D eigenvalue weighted by atomic mass is 16.2. The van der Waals surface area contributed by atoms with E-state index in [1.165, 1.54) is 0 Å². The molecule has 0 saturated carbocycles. The molecule has 6 nitrogen and oxygen atoms in total. The number of amides is 2. The van der Waals surface area contributed by atoms with E-state index in [0.717, 1.165) is 24.2 Å². The third-order valence-corrected chi connectivity index (χ3v) is 3.54. The van der Waals surface area contributed by atoms with Gasteiger partial charge in [-0.05, 0) is 31.0 Å². The van der Waals surface area contributed by atoms with Crippen molar-refractivity contribution in [1.29, 1.82) is 0 Å². The van der Waals surface area contributed by atoms with E-state index in [9.17, 15) is 4.79 Å². The molecule has 2 aromatic rings. The Balaban J connectivity index is 1.61. The fourth-order valence-electron chi connectivity index (χ4n) is 2.48. The van der Waals surface area contributed by atoms with Crippen LogP contribution in [0.3, 0.4) is 0 Å². The molecule has 1 fully saturated rings. The van der Waals surface area contributed by atoms with Gasteiger partial charge in [-0.25, -0.2) is 9.48 Å². The molecule has 1 aliphatic heterocycles. The minimum Gasteiger partial charge on any atom is -0.322 e. The van der Waals surface area contributed by atoms with Crippen molar-refractivity contribution >= 4 is 11.7 Å². The second-order valence-electron chi connectivity index (χ2n) is 5.07. The molecule has 0 spiro atoms. The average molecular weight is 271 g/mol. The number of benzene rings is 1. The molecule has 1 saturated heterocycles. The molecule has 1 atom stereocenters. The van der Waals surface area contributed by atoms with Crippen molar-refractivity contribution in [2.45, 2.75) is 19.4 Å². The molecular formula is C14H17N5O. The number of rotatable bonds is 2. The molecule has 104 valence electrons. The molecule has 0 aliphatic carbocycles. The van der Waals surface area contributed by atoms with Gasteiger partial charge in [-0.15, -0.1) is 5.10 Å². The Kier molecular flexibility index (Phi) is 3.37. The Bertz CT molecular complexity index is 595. The maximum absolute atomic E-state index is 12.2. The molecule has 1 unspecified atom stereocenters. The standard InChI is InChI=1S/C14H17N5O/c1-11-3-2-4-12(9-11)16-14(20)18-7-5-13(10-18)19-8-6-15-17-19/h2-4,6,8-9,13H,5,7,10H2,1H3,(H,16,20). The van der Waals surface area contributed by atoms with Crippen LogP contribution in [0.2, 0.25) is 0 Å². The van der Waals surface area contributed by atoms with Crippen molar-refractivity contribution in [2.24, 2.45) is 0 Å². The molecule has 0 bridgehead atoms. The highest BCUT2D eigenvalue weighted by molar-refractivity contribution is 5.89. The quantitative estimate of drug-likeness (QED) is 0.909. The fourth-order valence-corrected chi connectivity index (χ4v) is 2.48. The van der Waals surface area contributed by atoms with Gasteiger partial charge in [0.25, 0.3) is 0 Å². The van der Waals surface area contributed by atoms with Crippen molar-refractivity contribution in [3.63, 3.8) is 0 Å². The lowest BCUT2D eigenvalue weighted by molar-refractivity contribution is 0.220. The third kappa shape index (κ3) is 2.64. The molecule has 2 heterocycles. The fraction of sp³-hybridized carbons (Fsp3) is 0.357. The largest absolute Gasteiger partial charge is 0.322 e. The molecule has 1 aromatic carbocycles. The second-order valence-corrected chi connectivity index (χ2v) is 5.07. The smallest absolute Gasteiger partial charge is 0.321 e. The highest BCUT2D eigenvalue weighted by Crippen LogP contribution is 2.21. The zero-order valence-electron chi connectivity index (χ0n) is 11.4. The van der Waals surface area contributed by atoms with Crippen molar-refractivity contribution in [3.8, 4) is 0 Å². The van der Waals surface area contributed by atoms with E-state index in [2.05, 4.69) is 15.6 Å². The van der Waals surface area contributed by atoms with Crippen LogP contribution in [-0.4, -0.2) is 39.0 Å². The number of hydrogen-bond acceptors (Lipinski definition) is 3. The van der Waals surface area contributed by atoms with Gasteiger partial charge >= 0.3 is 6.03 Å². The molecular weight excluding hydrogens is 254 g/mol. The number of nitrogens with one attached hydrogen (secondary N) is 1. The van der Waals surface area contributed by atoms with Crippen molar-refractivity contribution in [2.75, 3.05) is 18.4 Å². The summed E-state index contributed by atoms with van der Waals surface area (Å²) >= 11 is 0. The summed E-state index contributed by atoms with van der Waals surface area (Å²) in [5, 5.41) is 10.7. The molecule has 20 heavy (non-hydrogen) atoms. The van der Waals surface area contributed by atoms with E-state index in [1.54, 1.807) is 6.20 Å². The van der Waals surface area contributed by atoms with Gasteiger partial charge in [0, 0.05) is 25.0 Å². The van der Waals surface area contributed by atoms with Gasteiger partial charge in [0.1, 0.15) is 0 Å². The number of carbonyl (C=O) groups excluding carboxylic acids is 1. The first kappa shape index (κ1) is 12.7. The number of aromatic nitrogens is 3. The van der Waals surface area contributed by atoms with Crippen molar-refractivity contribution in [1.82, 2.24) is 19.9 Å². The molecule has 2 amide bonds. The molecule has 6 heteroatoms. The van der Waals surface area contributed by atoms with Crippen LogP contribution in [-0.2, 0) is 0 Å². The van der Waals surface area contributed by atoms with Gasteiger partial charge in [0.15, 0.2) is 0 Å². The van der Waals surface area contributed by atoms with Crippen LogP contribution < -0.4 is 5.32 Å². The van der Waals surface area contributed by atoms with Gasteiger partial charge in [-0.3, -0.25) is 0 Å². The Morgan fingerprint density at radius 3 is 3.10 bits per heavy atom. The number of carbonyl (C=O) groups is 1. The first-order valence-corrected chi connectivity index (χ1v) is 6.71. The van der Waals surface area contributed by atoms with Crippen LogP contribution >= 0.6 is 0 Å². The van der Waals surface area contributed by atoms with Gasteiger partial charge < -0.3 is 10.2 Å². The van der Waals surface area contributed by atoms with Gasteiger partial charge in [-0.1, -0.05) is 17.3 Å². The van der Waals surface area contributed by atoms with Crippen LogP contribution in [0.4, 0.5) is 10.5 Å². The molecule has 0 radical (unpaired) electrons. The first-order valence-electron chi connectivity index (χ1n) is 6.71. The van der Waals surface area contributed by atoms with Gasteiger partial charge in [0.05, 0.1) is 12.2 Å². The van der Waals surface area contributed by atoms with E-state index in [-0.39, 0.29) is 12.1 Å². The van der Waals surface area contributed by atoms with Gasteiger partial charge in [-0.2, -0.15) is 0 Å². The summed E-state index contributed by atoms with van der Waals surface area (Å²) < 4.78 is 1.82. The normalized spacial score (nSPS) is 18.2. The number of urea groups is 1. The monoisotopic (exact) mass is 271 g/mol. The van der Waals surface area contributed by atoms with E-state index < -0.39 is 0 Å².